The Labute approximate surface area is 159 Å². The van der Waals surface area contributed by atoms with Gasteiger partial charge in [0, 0.05) is 44.8 Å². The fourth-order valence-corrected chi connectivity index (χ4v) is 3.64. The second-order valence-electron chi connectivity index (χ2n) is 7.17. The summed E-state index contributed by atoms with van der Waals surface area (Å²) in [5, 5.41) is 3.32. The normalized spacial score (nSPS) is 24.9. The van der Waals surface area contributed by atoms with E-state index in [9.17, 15) is 8.78 Å². The molecule has 1 aromatic carbocycles. The highest BCUT2D eigenvalue weighted by Gasteiger charge is 2.32. The standard InChI is InChI=1S/C20H29F2N3O2/c1-3-23-20(24-12-14(2)16-7-6-15(21)11-17(16)22)25-8-10-27-19(13-25)18-5-4-9-26-18/h6-7,11,14,18-19H,3-5,8-10,12-13H2,1-2H3,(H,23,24). The van der Waals surface area contributed by atoms with Gasteiger partial charge in [-0.05, 0) is 31.4 Å². The lowest BCUT2D eigenvalue weighted by molar-refractivity contribution is -0.0817. The van der Waals surface area contributed by atoms with E-state index >= 15 is 0 Å². The molecule has 2 heterocycles. The first-order valence-electron chi connectivity index (χ1n) is 9.80. The van der Waals surface area contributed by atoms with E-state index < -0.39 is 11.6 Å². The molecular formula is C20H29F2N3O2. The smallest absolute Gasteiger partial charge is 0.194 e. The van der Waals surface area contributed by atoms with Crippen molar-refractivity contribution in [3.05, 3.63) is 35.4 Å². The number of nitrogens with one attached hydrogen (secondary N) is 1. The van der Waals surface area contributed by atoms with Gasteiger partial charge in [-0.25, -0.2) is 8.78 Å². The number of nitrogens with zero attached hydrogens (tertiary/aromatic N) is 2. The molecule has 0 saturated carbocycles. The highest BCUT2D eigenvalue weighted by molar-refractivity contribution is 5.80. The molecule has 3 atom stereocenters. The van der Waals surface area contributed by atoms with Crippen LogP contribution in [0.4, 0.5) is 8.78 Å². The summed E-state index contributed by atoms with van der Waals surface area (Å²) in [5.41, 5.74) is 0.482. The van der Waals surface area contributed by atoms with Crippen molar-refractivity contribution in [1.82, 2.24) is 10.2 Å². The van der Waals surface area contributed by atoms with Crippen LogP contribution in [0.3, 0.4) is 0 Å². The number of hydrogen-bond acceptors (Lipinski definition) is 3. The van der Waals surface area contributed by atoms with Crippen LogP contribution in [-0.2, 0) is 9.47 Å². The van der Waals surface area contributed by atoms with Crippen molar-refractivity contribution in [2.24, 2.45) is 4.99 Å². The summed E-state index contributed by atoms with van der Waals surface area (Å²) in [7, 11) is 0. The fraction of sp³-hybridized carbons (Fsp3) is 0.650. The lowest BCUT2D eigenvalue weighted by Gasteiger charge is -2.37. The number of ether oxygens (including phenoxy) is 2. The molecule has 7 heteroatoms. The second-order valence-corrected chi connectivity index (χ2v) is 7.17. The van der Waals surface area contributed by atoms with Gasteiger partial charge >= 0.3 is 0 Å². The number of guanidine groups is 1. The van der Waals surface area contributed by atoms with Crippen LogP contribution in [0.15, 0.2) is 23.2 Å². The van der Waals surface area contributed by atoms with Crippen molar-refractivity contribution in [3.8, 4) is 0 Å². The molecule has 1 N–H and O–H groups in total. The summed E-state index contributed by atoms with van der Waals surface area (Å²) in [6.45, 7) is 8.03. The monoisotopic (exact) mass is 381 g/mol. The Morgan fingerprint density at radius 2 is 2.11 bits per heavy atom. The second kappa shape index (κ2) is 9.46. The molecule has 2 saturated heterocycles. The largest absolute Gasteiger partial charge is 0.375 e. The Balaban J connectivity index is 1.66. The molecule has 0 radical (unpaired) electrons. The third kappa shape index (κ3) is 5.17. The van der Waals surface area contributed by atoms with Crippen LogP contribution in [0, 0.1) is 11.6 Å². The van der Waals surface area contributed by atoms with E-state index in [2.05, 4.69) is 10.2 Å². The van der Waals surface area contributed by atoms with E-state index in [-0.39, 0.29) is 18.1 Å². The van der Waals surface area contributed by atoms with Crippen molar-refractivity contribution >= 4 is 5.96 Å². The molecule has 2 fully saturated rings. The van der Waals surface area contributed by atoms with Crippen LogP contribution in [0.1, 0.15) is 38.2 Å². The average Bonchev–Trinajstić information content (AvgIpc) is 3.20. The molecule has 0 aromatic heterocycles. The minimum Gasteiger partial charge on any atom is -0.375 e. The third-order valence-electron chi connectivity index (χ3n) is 5.12. The predicted molar refractivity (Wildman–Crippen MR) is 101 cm³/mol. The molecule has 0 amide bonds. The minimum absolute atomic E-state index is 0.0528. The van der Waals surface area contributed by atoms with Gasteiger partial charge in [-0.15, -0.1) is 0 Å². The number of morpholine rings is 1. The van der Waals surface area contributed by atoms with Crippen LogP contribution in [0.25, 0.3) is 0 Å². The summed E-state index contributed by atoms with van der Waals surface area (Å²) < 4.78 is 38.8. The number of halogens is 2. The molecule has 150 valence electrons. The van der Waals surface area contributed by atoms with Gasteiger partial charge in [0.2, 0.25) is 0 Å². The lowest BCUT2D eigenvalue weighted by Crippen LogP contribution is -2.53. The Morgan fingerprint density at radius 1 is 1.30 bits per heavy atom. The average molecular weight is 381 g/mol. The molecule has 0 aliphatic carbocycles. The van der Waals surface area contributed by atoms with Gasteiger partial charge in [-0.2, -0.15) is 0 Å². The van der Waals surface area contributed by atoms with Gasteiger partial charge in [0.05, 0.1) is 12.7 Å². The highest BCUT2D eigenvalue weighted by atomic mass is 19.1. The summed E-state index contributed by atoms with van der Waals surface area (Å²) in [4.78, 5) is 6.90. The first-order chi connectivity index (χ1) is 13.1. The van der Waals surface area contributed by atoms with Crippen LogP contribution >= 0.6 is 0 Å². The molecule has 2 aliphatic heterocycles. The van der Waals surface area contributed by atoms with Crippen molar-refractivity contribution in [1.29, 1.82) is 0 Å². The van der Waals surface area contributed by atoms with Crippen molar-refractivity contribution in [2.45, 2.75) is 44.8 Å². The van der Waals surface area contributed by atoms with Crippen LogP contribution in [-0.4, -0.2) is 62.5 Å². The van der Waals surface area contributed by atoms with Gasteiger partial charge in [0.1, 0.15) is 17.7 Å². The molecule has 0 bridgehead atoms. The first kappa shape index (κ1) is 20.0. The predicted octanol–water partition coefficient (Wildman–Crippen LogP) is 2.91. The van der Waals surface area contributed by atoms with Gasteiger partial charge in [-0.1, -0.05) is 13.0 Å². The SMILES string of the molecule is CCNC(=NCC(C)c1ccc(F)cc1F)N1CCOC(C2CCCO2)C1. The number of hydrogen-bond donors (Lipinski definition) is 1. The number of aliphatic imine (C=N–C) groups is 1. The zero-order valence-electron chi connectivity index (χ0n) is 16.1. The minimum atomic E-state index is -0.561. The Hall–Kier alpha value is -1.73. The van der Waals surface area contributed by atoms with E-state index in [1.807, 2.05) is 13.8 Å². The molecule has 1 aromatic rings. The molecule has 0 spiro atoms. The van der Waals surface area contributed by atoms with Crippen LogP contribution in [0.2, 0.25) is 0 Å². The fourth-order valence-electron chi connectivity index (χ4n) is 3.64. The highest BCUT2D eigenvalue weighted by Crippen LogP contribution is 2.22. The van der Waals surface area contributed by atoms with Crippen LogP contribution < -0.4 is 5.32 Å². The zero-order valence-corrected chi connectivity index (χ0v) is 16.1. The molecule has 2 aliphatic rings. The van der Waals surface area contributed by atoms with Gasteiger partial charge in [0.15, 0.2) is 5.96 Å². The summed E-state index contributed by atoms with van der Waals surface area (Å²) in [6.07, 6.45) is 2.33. The van der Waals surface area contributed by atoms with E-state index in [4.69, 9.17) is 14.5 Å². The molecular weight excluding hydrogens is 352 g/mol. The summed E-state index contributed by atoms with van der Waals surface area (Å²) >= 11 is 0. The quantitative estimate of drug-likeness (QED) is 0.629. The first-order valence-corrected chi connectivity index (χ1v) is 9.80. The maximum atomic E-state index is 14.0. The zero-order chi connectivity index (χ0) is 19.2. The lowest BCUT2D eigenvalue weighted by atomic mass is 10.0. The van der Waals surface area contributed by atoms with Crippen molar-refractivity contribution in [2.75, 3.05) is 39.4 Å². The Bertz CT molecular complexity index is 650. The molecule has 3 rings (SSSR count). The third-order valence-corrected chi connectivity index (χ3v) is 5.12. The summed E-state index contributed by atoms with van der Waals surface area (Å²) in [5.74, 6) is -0.422. The maximum absolute atomic E-state index is 14.0. The Morgan fingerprint density at radius 3 is 2.81 bits per heavy atom. The summed E-state index contributed by atoms with van der Waals surface area (Å²) in [6, 6.07) is 3.72. The van der Waals surface area contributed by atoms with E-state index in [1.54, 1.807) is 0 Å². The molecule has 5 nitrogen and oxygen atoms in total. The van der Waals surface area contributed by atoms with Crippen LogP contribution in [0.5, 0.6) is 0 Å². The van der Waals surface area contributed by atoms with E-state index in [0.717, 1.165) is 51.1 Å². The van der Waals surface area contributed by atoms with Crippen molar-refractivity contribution < 1.29 is 18.3 Å². The number of benzene rings is 1. The maximum Gasteiger partial charge on any atom is 0.194 e. The Kier molecular flexibility index (Phi) is 7.01. The molecule has 27 heavy (non-hydrogen) atoms. The van der Waals surface area contributed by atoms with Gasteiger partial charge in [-0.3, -0.25) is 4.99 Å². The van der Waals surface area contributed by atoms with E-state index in [0.29, 0.717) is 18.7 Å². The topological polar surface area (TPSA) is 46.1 Å². The van der Waals surface area contributed by atoms with Crippen molar-refractivity contribution in [3.63, 3.8) is 0 Å². The van der Waals surface area contributed by atoms with Gasteiger partial charge in [0.25, 0.3) is 0 Å². The van der Waals surface area contributed by atoms with Gasteiger partial charge < -0.3 is 19.7 Å². The number of rotatable bonds is 5. The molecule has 3 unspecified atom stereocenters. The van der Waals surface area contributed by atoms with E-state index in [1.165, 1.54) is 12.1 Å².